The SMILES string of the molecule is C=S(C)C.COc1ccc(S(=O)(=O)c2ccc(Oc3ccc(C(C)(C)c4ccc(Oc5ccc(S(=O)(=O)c6ccc(Oc7ccc(C(C)(C)c8ccc(C)cc8)cc7)cc6)cc5)c(CC[Si](OC)(OC)OC)c4)cc3CCSCCC[Si](OC)(OC)OC)cc2)cc1. The van der Waals surface area contributed by atoms with Gasteiger partial charge in [-0.05, 0) is 205 Å². The Hall–Kier alpha value is -6.38. The maximum atomic E-state index is 14.0. The summed E-state index contributed by atoms with van der Waals surface area (Å²) in [6, 6.07) is 55.6. The molecule has 0 aromatic heterocycles. The zero-order valence-electron chi connectivity index (χ0n) is 55.3. The Morgan fingerprint density at radius 1 is 0.413 bits per heavy atom. The minimum absolute atomic E-state index is 0.112. The summed E-state index contributed by atoms with van der Waals surface area (Å²) in [6.07, 6.45) is 6.17. The molecule has 0 aliphatic rings. The second-order valence-corrected chi connectivity index (χ2v) is 36.5. The molecule has 0 bridgehead atoms. The number of ether oxygens (including phenoxy) is 4. The monoisotopic (exact) mass is 1360 g/mol. The van der Waals surface area contributed by atoms with Crippen molar-refractivity contribution in [3.8, 4) is 40.2 Å². The molecule has 0 N–H and O–H groups in total. The first-order chi connectivity index (χ1) is 43.8. The number of rotatable bonds is 31. The summed E-state index contributed by atoms with van der Waals surface area (Å²) >= 11 is 1.82. The van der Waals surface area contributed by atoms with E-state index in [-0.39, 0.29) is 25.0 Å². The van der Waals surface area contributed by atoms with E-state index in [1.807, 2.05) is 42.1 Å². The van der Waals surface area contributed by atoms with E-state index in [0.717, 1.165) is 45.7 Å². The van der Waals surface area contributed by atoms with Gasteiger partial charge in [-0.25, -0.2) is 16.8 Å². The zero-order valence-corrected chi connectivity index (χ0v) is 60.6. The van der Waals surface area contributed by atoms with E-state index >= 15 is 0 Å². The molecule has 0 unspecified atom stereocenters. The van der Waals surface area contributed by atoms with E-state index < -0.39 is 42.7 Å². The van der Waals surface area contributed by atoms with Crippen LogP contribution in [-0.2, 0) is 69.9 Å². The van der Waals surface area contributed by atoms with Crippen LogP contribution in [-0.4, -0.2) is 114 Å². The second-order valence-electron chi connectivity index (χ2n) is 23.2. The molecule has 492 valence electrons. The minimum Gasteiger partial charge on any atom is -0.497 e. The first-order valence-electron chi connectivity index (χ1n) is 30.0. The van der Waals surface area contributed by atoms with E-state index in [0.29, 0.717) is 75.7 Å². The van der Waals surface area contributed by atoms with Crippen LogP contribution in [0.2, 0.25) is 12.1 Å². The van der Waals surface area contributed by atoms with Crippen molar-refractivity contribution < 1.29 is 62.3 Å². The first-order valence-corrected chi connectivity index (χ1v) is 40.2. The fourth-order valence-electron chi connectivity index (χ4n) is 10.3. The van der Waals surface area contributed by atoms with Crippen molar-refractivity contribution in [2.45, 2.75) is 96.4 Å². The number of aryl methyl sites for hydroxylation is 3. The van der Waals surface area contributed by atoms with Crippen molar-refractivity contribution in [3.05, 3.63) is 221 Å². The summed E-state index contributed by atoms with van der Waals surface area (Å²) in [7, 11) is -1.91. The van der Waals surface area contributed by atoms with Crippen molar-refractivity contribution in [2.24, 2.45) is 0 Å². The van der Waals surface area contributed by atoms with E-state index in [1.165, 1.54) is 30.4 Å². The van der Waals surface area contributed by atoms with E-state index in [9.17, 15) is 16.8 Å². The van der Waals surface area contributed by atoms with Gasteiger partial charge in [-0.1, -0.05) is 99.8 Å². The summed E-state index contributed by atoms with van der Waals surface area (Å²) in [6.45, 7) is 10.8. The summed E-state index contributed by atoms with van der Waals surface area (Å²) in [5.41, 5.74) is 6.71. The maximum absolute atomic E-state index is 14.0. The van der Waals surface area contributed by atoms with Gasteiger partial charge in [0.05, 0.1) is 26.7 Å². The van der Waals surface area contributed by atoms with Crippen LogP contribution in [0.3, 0.4) is 0 Å². The molecule has 0 spiro atoms. The highest BCUT2D eigenvalue weighted by Gasteiger charge is 2.39. The first kappa shape index (κ1) is 73.0. The number of thioether (sulfide) groups is 1. The lowest BCUT2D eigenvalue weighted by atomic mass is 9.77. The molecule has 0 aliphatic heterocycles. The van der Waals surface area contributed by atoms with Gasteiger partial charge in [-0.3, -0.25) is 0 Å². The molecule has 0 fully saturated rings. The molecule has 0 saturated carbocycles. The fourth-order valence-corrected chi connectivity index (χ4v) is 17.4. The highest BCUT2D eigenvalue weighted by Crippen LogP contribution is 2.41. The minimum atomic E-state index is -3.91. The van der Waals surface area contributed by atoms with Crippen LogP contribution in [0, 0.1) is 6.92 Å². The van der Waals surface area contributed by atoms with Crippen LogP contribution in [0.25, 0.3) is 0 Å². The molecule has 0 radical (unpaired) electrons. The number of hydrogen-bond acceptors (Lipinski definition) is 15. The van der Waals surface area contributed by atoms with Crippen molar-refractivity contribution >= 4 is 65.4 Å². The molecule has 8 rings (SSSR count). The van der Waals surface area contributed by atoms with Crippen molar-refractivity contribution in [1.82, 2.24) is 0 Å². The van der Waals surface area contributed by atoms with Crippen LogP contribution in [0.1, 0.15) is 73.1 Å². The predicted molar refractivity (Wildman–Crippen MR) is 377 cm³/mol. The van der Waals surface area contributed by atoms with Crippen LogP contribution >= 0.6 is 22.2 Å². The largest absolute Gasteiger partial charge is 0.500 e. The molecule has 0 saturated heterocycles. The smallest absolute Gasteiger partial charge is 0.497 e. The molecular weight excluding hydrogens is 1270 g/mol. The van der Waals surface area contributed by atoms with Gasteiger partial charge in [0.1, 0.15) is 40.2 Å². The number of methoxy groups -OCH3 is 1. The van der Waals surface area contributed by atoms with Crippen molar-refractivity contribution in [1.29, 1.82) is 0 Å². The summed E-state index contributed by atoms with van der Waals surface area (Å²) in [4.78, 5) is 0.540. The number of sulfone groups is 2. The highest BCUT2D eigenvalue weighted by molar-refractivity contribution is 8.12. The molecule has 0 heterocycles. The number of benzene rings is 8. The molecule has 14 nitrogen and oxygen atoms in total. The maximum Gasteiger partial charge on any atom is 0.500 e. The molecule has 0 aliphatic carbocycles. The van der Waals surface area contributed by atoms with Crippen molar-refractivity contribution in [2.75, 3.05) is 73.8 Å². The lowest BCUT2D eigenvalue weighted by Gasteiger charge is -2.29. The molecule has 20 heteroatoms. The van der Waals surface area contributed by atoms with Gasteiger partial charge >= 0.3 is 17.6 Å². The third kappa shape index (κ3) is 18.5. The average molecular weight is 1360 g/mol. The topological polar surface area (TPSA) is 161 Å². The standard InChI is InChI=1S/C69H80O14S3Si2.C3H8S/c1-50-14-16-53(17-15-50)68(2,3)54-18-22-58(23-19-54)81-59-26-34-63(35-27-59)86(72,73)65-38-30-61(31-39-65)83-67-41-21-56(49-52(67)43-47-88(78-10,79-11)80-12)69(4,5)55-20-40-66(51(48-55)42-45-84-44-13-46-87(75-7,76-8)77-9)82-60-28-36-64(37-29-60)85(70,71)62-32-24-57(74-6)25-33-62;1-4(2)3/h14-41,48-49H,13,42-47H2,1-12H3;1H2,2-3H3. The van der Waals surface area contributed by atoms with Crippen LogP contribution in [0.5, 0.6) is 40.2 Å². The quantitative estimate of drug-likeness (QED) is 0.0229. The van der Waals surface area contributed by atoms with Crippen LogP contribution < -0.4 is 18.9 Å². The summed E-state index contributed by atoms with van der Waals surface area (Å²) in [5.74, 6) is 9.20. The van der Waals surface area contributed by atoms with E-state index in [2.05, 4.69) is 108 Å². The second kappa shape index (κ2) is 32.7. The van der Waals surface area contributed by atoms with Gasteiger partial charge in [-0.15, -0.1) is 0 Å². The Kier molecular flexibility index (Phi) is 25.9. The third-order valence-corrected chi connectivity index (χ3v) is 26.4. The summed E-state index contributed by atoms with van der Waals surface area (Å²) in [5, 5.41) is 0. The molecular formula is C72H88O14S4Si2. The third-order valence-electron chi connectivity index (χ3n) is 16.2. The van der Waals surface area contributed by atoms with Crippen molar-refractivity contribution in [3.63, 3.8) is 0 Å². The molecule has 0 atom stereocenters. The Bertz CT molecular complexity index is 3890. The van der Waals surface area contributed by atoms with Gasteiger partial charge in [0, 0.05) is 65.6 Å². The molecule has 0 amide bonds. The van der Waals surface area contributed by atoms with E-state index in [4.69, 9.17) is 45.5 Å². The summed E-state index contributed by atoms with van der Waals surface area (Å²) < 4.78 is 114. The Morgan fingerprint density at radius 2 is 0.728 bits per heavy atom. The zero-order chi connectivity index (χ0) is 66.9. The van der Waals surface area contributed by atoms with Gasteiger partial charge in [0.2, 0.25) is 19.7 Å². The Labute approximate surface area is 555 Å². The lowest BCUT2D eigenvalue weighted by Crippen LogP contribution is -2.43. The Balaban J connectivity index is 0.00000291. The van der Waals surface area contributed by atoms with Crippen LogP contribution in [0.4, 0.5) is 0 Å². The normalized spacial score (nSPS) is 12.3. The van der Waals surface area contributed by atoms with Gasteiger partial charge in [0.25, 0.3) is 0 Å². The average Bonchev–Trinajstić information content (AvgIpc) is 0.841. The van der Waals surface area contributed by atoms with Gasteiger partial charge in [0.15, 0.2) is 0 Å². The Morgan fingerprint density at radius 3 is 1.11 bits per heavy atom. The number of hydrogen-bond donors (Lipinski definition) is 0. The van der Waals surface area contributed by atoms with Gasteiger partial charge in [-0.2, -0.15) is 22.2 Å². The lowest BCUT2D eigenvalue weighted by molar-refractivity contribution is 0.123. The molecule has 92 heavy (non-hydrogen) atoms. The van der Waals surface area contributed by atoms with E-state index in [1.54, 1.807) is 128 Å². The van der Waals surface area contributed by atoms with Gasteiger partial charge < -0.3 is 45.5 Å². The highest BCUT2D eigenvalue weighted by atomic mass is 32.2. The molecule has 8 aromatic rings. The molecule has 8 aromatic carbocycles. The van der Waals surface area contributed by atoms with Crippen LogP contribution in [0.15, 0.2) is 202 Å². The predicted octanol–water partition coefficient (Wildman–Crippen LogP) is 16.6. The fraction of sp³-hybridized carbons (Fsp3) is 0.319.